The van der Waals surface area contributed by atoms with Gasteiger partial charge in [0.05, 0.1) is 37.3 Å². The third-order valence-corrected chi connectivity index (χ3v) is 6.89. The van der Waals surface area contributed by atoms with Crippen LogP contribution in [0.3, 0.4) is 0 Å². The van der Waals surface area contributed by atoms with Crippen molar-refractivity contribution in [3.63, 3.8) is 0 Å². The van der Waals surface area contributed by atoms with Crippen LogP contribution < -0.4 is 4.74 Å². The van der Waals surface area contributed by atoms with E-state index < -0.39 is 28.6 Å². The second-order valence-corrected chi connectivity index (χ2v) is 8.45. The first-order chi connectivity index (χ1) is 14.8. The van der Waals surface area contributed by atoms with E-state index in [-0.39, 0.29) is 11.8 Å². The van der Waals surface area contributed by atoms with Gasteiger partial charge in [-0.15, -0.1) is 0 Å². The van der Waals surface area contributed by atoms with Crippen LogP contribution in [0.25, 0.3) is 0 Å². The van der Waals surface area contributed by atoms with E-state index in [1.165, 1.54) is 0 Å². The number of nitrogens with one attached hydrogen (secondary N) is 1. The molecule has 0 spiro atoms. The Kier molecular flexibility index (Phi) is 5.99. The normalized spacial score (nSPS) is 31.6. The van der Waals surface area contributed by atoms with Gasteiger partial charge in [-0.25, -0.2) is 0 Å². The van der Waals surface area contributed by atoms with E-state index in [2.05, 4.69) is 25.1 Å². The number of unbranched alkanes of at least 4 members (excludes halogenated alkanes) is 1. The molecule has 2 heterocycles. The van der Waals surface area contributed by atoms with Crippen molar-refractivity contribution in [2.75, 3.05) is 7.11 Å². The van der Waals surface area contributed by atoms with E-state index in [1.54, 1.807) is 38.3 Å². The Morgan fingerprint density at radius 3 is 2.26 bits per heavy atom. The van der Waals surface area contributed by atoms with Crippen molar-refractivity contribution in [2.24, 2.45) is 16.7 Å². The van der Waals surface area contributed by atoms with E-state index in [4.69, 9.17) is 19.6 Å². The summed E-state index contributed by atoms with van der Waals surface area (Å²) in [6.45, 7) is 5.78. The minimum atomic E-state index is -1.88. The van der Waals surface area contributed by atoms with Gasteiger partial charge < -0.3 is 14.2 Å². The van der Waals surface area contributed by atoms with Crippen molar-refractivity contribution in [1.82, 2.24) is 0 Å². The number of benzene rings is 1. The highest BCUT2D eigenvalue weighted by Gasteiger charge is 2.80. The molecule has 1 aromatic carbocycles. The van der Waals surface area contributed by atoms with Crippen LogP contribution in [0, 0.1) is 56.2 Å². The number of rotatable bonds is 7. The molecule has 5 atom stereocenters. The molecule has 162 valence electrons. The molecule has 2 saturated heterocycles. The summed E-state index contributed by atoms with van der Waals surface area (Å²) in [5, 5.41) is 39.9. The first-order valence-electron chi connectivity index (χ1n) is 10.7. The first kappa shape index (κ1) is 22.6. The van der Waals surface area contributed by atoms with Crippen LogP contribution in [0.2, 0.25) is 0 Å². The van der Waals surface area contributed by atoms with Gasteiger partial charge >= 0.3 is 0 Å². The molecule has 2 aliphatic rings. The number of nitriles is 3. The molecular formula is C24H28N4O3. The molecular weight excluding hydrogens is 392 g/mol. The van der Waals surface area contributed by atoms with E-state index in [1.807, 2.05) is 6.92 Å². The molecule has 3 rings (SSSR count). The summed E-state index contributed by atoms with van der Waals surface area (Å²) in [4.78, 5) is 0. The lowest BCUT2D eigenvalue weighted by molar-refractivity contribution is -0.263. The number of hydrogen-bond acceptors (Lipinski definition) is 7. The zero-order valence-electron chi connectivity index (χ0n) is 18.4. The van der Waals surface area contributed by atoms with Crippen molar-refractivity contribution >= 4 is 5.90 Å². The van der Waals surface area contributed by atoms with Crippen molar-refractivity contribution < 1.29 is 14.2 Å². The van der Waals surface area contributed by atoms with Crippen molar-refractivity contribution in [3.8, 4) is 24.0 Å². The molecule has 2 aliphatic heterocycles. The standard InChI is InChI=1S/C24H28N4O3/c1-5-7-8-16(6-2)20-23(13-25,14-26)24(15-27)19(22(3,30-20)31-21(24)28)17-9-11-18(29-4)12-10-17/h9-12,16,19-20,28H,5-8H2,1-4H3. The predicted molar refractivity (Wildman–Crippen MR) is 113 cm³/mol. The molecule has 0 saturated carbocycles. The molecule has 2 bridgehead atoms. The Morgan fingerprint density at radius 1 is 1.13 bits per heavy atom. The Balaban J connectivity index is 2.25. The Bertz CT molecular complexity index is 957. The van der Waals surface area contributed by atoms with Crippen LogP contribution in [0.1, 0.15) is 57.9 Å². The molecule has 0 radical (unpaired) electrons. The Morgan fingerprint density at radius 2 is 1.77 bits per heavy atom. The van der Waals surface area contributed by atoms with Crippen LogP contribution >= 0.6 is 0 Å². The van der Waals surface area contributed by atoms with E-state index >= 15 is 0 Å². The van der Waals surface area contributed by atoms with Crippen LogP contribution in [0.4, 0.5) is 0 Å². The van der Waals surface area contributed by atoms with Gasteiger partial charge in [0, 0.05) is 6.92 Å². The molecule has 5 unspecified atom stereocenters. The largest absolute Gasteiger partial charge is 0.497 e. The second-order valence-electron chi connectivity index (χ2n) is 8.45. The Hall–Kier alpha value is -3.08. The lowest BCUT2D eigenvalue weighted by Gasteiger charge is -2.51. The van der Waals surface area contributed by atoms with Crippen molar-refractivity contribution in [1.29, 1.82) is 21.2 Å². The number of nitrogens with zero attached hydrogens (tertiary/aromatic N) is 3. The molecule has 31 heavy (non-hydrogen) atoms. The number of ether oxygens (including phenoxy) is 3. The third-order valence-electron chi connectivity index (χ3n) is 6.89. The fourth-order valence-corrected chi connectivity index (χ4v) is 5.30. The maximum atomic E-state index is 10.5. The molecule has 0 amide bonds. The molecule has 0 aliphatic carbocycles. The molecule has 1 aromatic rings. The third kappa shape index (κ3) is 2.98. The van der Waals surface area contributed by atoms with E-state index in [0.29, 0.717) is 17.7 Å². The molecule has 1 N–H and O–H groups in total. The highest BCUT2D eigenvalue weighted by atomic mass is 16.7. The SMILES string of the molecule is CCCCC(CC)C1OC2(C)OC(=N)C(C#N)(C2c2ccc(OC)cc2)C1(C#N)C#N. The number of methoxy groups -OCH3 is 1. The summed E-state index contributed by atoms with van der Waals surface area (Å²) in [6, 6.07) is 13.5. The zero-order valence-corrected chi connectivity index (χ0v) is 18.4. The fourth-order valence-electron chi connectivity index (χ4n) is 5.30. The smallest absolute Gasteiger partial charge is 0.218 e. The lowest BCUT2D eigenvalue weighted by atomic mass is 9.51. The number of fused-ring (bicyclic) bond motifs is 2. The quantitative estimate of drug-likeness (QED) is 0.684. The zero-order chi connectivity index (χ0) is 22.9. The van der Waals surface area contributed by atoms with Crippen LogP contribution in [-0.4, -0.2) is 24.9 Å². The van der Waals surface area contributed by atoms with Gasteiger partial charge in [0.25, 0.3) is 0 Å². The van der Waals surface area contributed by atoms with Gasteiger partial charge in [-0.2, -0.15) is 15.8 Å². The van der Waals surface area contributed by atoms with Crippen molar-refractivity contribution in [2.45, 2.75) is 64.3 Å². The molecule has 0 aromatic heterocycles. The van der Waals surface area contributed by atoms with Gasteiger partial charge in [0.2, 0.25) is 11.7 Å². The van der Waals surface area contributed by atoms with Crippen LogP contribution in [0.5, 0.6) is 5.75 Å². The van der Waals surface area contributed by atoms with Crippen LogP contribution in [-0.2, 0) is 9.47 Å². The number of hydrogen-bond donors (Lipinski definition) is 1. The average Bonchev–Trinajstić information content (AvgIpc) is 2.97. The molecule has 7 heteroatoms. The van der Waals surface area contributed by atoms with Gasteiger partial charge in [0.15, 0.2) is 10.8 Å². The average molecular weight is 421 g/mol. The van der Waals surface area contributed by atoms with Gasteiger partial charge in [0.1, 0.15) is 5.75 Å². The Labute approximate surface area is 183 Å². The summed E-state index contributed by atoms with van der Waals surface area (Å²) in [7, 11) is 1.56. The van der Waals surface area contributed by atoms with Gasteiger partial charge in [-0.05, 0) is 30.0 Å². The maximum absolute atomic E-state index is 10.5. The highest BCUT2D eigenvalue weighted by molar-refractivity contribution is 5.90. The highest BCUT2D eigenvalue weighted by Crippen LogP contribution is 2.67. The topological polar surface area (TPSA) is 123 Å². The van der Waals surface area contributed by atoms with Crippen LogP contribution in [0.15, 0.2) is 24.3 Å². The summed E-state index contributed by atoms with van der Waals surface area (Å²) < 4.78 is 17.6. The summed E-state index contributed by atoms with van der Waals surface area (Å²) >= 11 is 0. The summed E-state index contributed by atoms with van der Waals surface area (Å²) in [5.74, 6) is -2.02. The maximum Gasteiger partial charge on any atom is 0.218 e. The monoisotopic (exact) mass is 420 g/mol. The van der Waals surface area contributed by atoms with E-state index in [9.17, 15) is 15.8 Å². The van der Waals surface area contributed by atoms with E-state index in [0.717, 1.165) is 19.3 Å². The molecule has 7 nitrogen and oxygen atoms in total. The predicted octanol–water partition coefficient (Wildman–Crippen LogP) is 4.66. The minimum absolute atomic E-state index is 0.113. The summed E-state index contributed by atoms with van der Waals surface area (Å²) in [5.41, 5.74) is -3.02. The molecule has 2 fully saturated rings. The van der Waals surface area contributed by atoms with Gasteiger partial charge in [-0.1, -0.05) is 45.2 Å². The summed E-state index contributed by atoms with van der Waals surface area (Å²) in [6.07, 6.45) is 2.49. The van der Waals surface area contributed by atoms with Gasteiger partial charge in [-0.3, -0.25) is 5.41 Å². The fraction of sp³-hybridized carbons (Fsp3) is 0.583. The van der Waals surface area contributed by atoms with Crippen molar-refractivity contribution in [3.05, 3.63) is 29.8 Å². The first-order valence-corrected chi connectivity index (χ1v) is 10.7. The lowest BCUT2D eigenvalue weighted by Crippen LogP contribution is -2.62. The second kappa shape index (κ2) is 8.22. The minimum Gasteiger partial charge on any atom is -0.497 e.